The van der Waals surface area contributed by atoms with Crippen LogP contribution in [0.5, 0.6) is 0 Å². The van der Waals surface area contributed by atoms with E-state index in [1.165, 1.54) is 4.90 Å². The summed E-state index contributed by atoms with van der Waals surface area (Å²) in [6.45, 7) is -0.231. The molecule has 0 aromatic heterocycles. The molecule has 2 aromatic carbocycles. The zero-order chi connectivity index (χ0) is 24.2. The fraction of sp³-hybridized carbons (Fsp3) is 0.364. The highest BCUT2D eigenvalue weighted by molar-refractivity contribution is 5.84. The van der Waals surface area contributed by atoms with Gasteiger partial charge in [0.25, 0.3) is 0 Å². The van der Waals surface area contributed by atoms with Crippen LogP contribution in [0.1, 0.15) is 41.1 Å². The SMILES string of the molecule is O=CNC(=O)N1CCCC(OCc2cc(C(F)(F)F)cc(C(F)(F)F)c2)C1c1ccccc1. The number of urea groups is 1. The van der Waals surface area contributed by atoms with Crippen LogP contribution < -0.4 is 5.32 Å². The predicted molar refractivity (Wildman–Crippen MR) is 105 cm³/mol. The number of ether oxygens (including phenoxy) is 1. The number of piperidine rings is 1. The van der Waals surface area contributed by atoms with Crippen LogP contribution in [0.15, 0.2) is 48.5 Å². The fourth-order valence-electron chi connectivity index (χ4n) is 3.85. The quantitative estimate of drug-likeness (QED) is 0.472. The summed E-state index contributed by atoms with van der Waals surface area (Å²) in [4.78, 5) is 24.5. The lowest BCUT2D eigenvalue weighted by atomic mass is 9.92. The number of rotatable bonds is 5. The van der Waals surface area contributed by atoms with Crippen LogP contribution in [0, 0.1) is 0 Å². The number of nitrogens with one attached hydrogen (secondary N) is 1. The summed E-state index contributed by atoms with van der Waals surface area (Å²) in [5.74, 6) is 0. The molecule has 1 fully saturated rings. The minimum atomic E-state index is -4.96. The summed E-state index contributed by atoms with van der Waals surface area (Å²) < 4.78 is 84.6. The van der Waals surface area contributed by atoms with Gasteiger partial charge in [-0.25, -0.2) is 4.79 Å². The molecule has 0 radical (unpaired) electrons. The number of nitrogens with zero attached hydrogens (tertiary/aromatic N) is 1. The number of amides is 3. The molecule has 2 unspecified atom stereocenters. The highest BCUT2D eigenvalue weighted by atomic mass is 19.4. The van der Waals surface area contributed by atoms with Gasteiger partial charge in [-0.3, -0.25) is 10.1 Å². The van der Waals surface area contributed by atoms with Crippen molar-refractivity contribution in [3.63, 3.8) is 0 Å². The van der Waals surface area contributed by atoms with E-state index in [2.05, 4.69) is 5.32 Å². The summed E-state index contributed by atoms with van der Waals surface area (Å²) in [6, 6.07) is 8.57. The number of imide groups is 1. The fourth-order valence-corrected chi connectivity index (χ4v) is 3.85. The molecule has 3 rings (SSSR count). The molecule has 33 heavy (non-hydrogen) atoms. The Morgan fingerprint density at radius 3 is 2.18 bits per heavy atom. The van der Waals surface area contributed by atoms with Gasteiger partial charge in [0.1, 0.15) is 0 Å². The van der Waals surface area contributed by atoms with Crippen molar-refractivity contribution in [1.82, 2.24) is 10.2 Å². The normalized spacial score (nSPS) is 19.3. The van der Waals surface area contributed by atoms with Crippen molar-refractivity contribution < 1.29 is 40.7 Å². The minimum Gasteiger partial charge on any atom is -0.371 e. The Kier molecular flexibility index (Phi) is 7.31. The van der Waals surface area contributed by atoms with E-state index in [0.717, 1.165) is 0 Å². The van der Waals surface area contributed by atoms with Gasteiger partial charge in [0, 0.05) is 6.54 Å². The number of carbonyl (C=O) groups excluding carboxylic acids is 2. The molecule has 2 aromatic rings. The minimum absolute atomic E-state index is 0.0579. The molecule has 0 aliphatic carbocycles. The standard InChI is InChI=1S/C22H20F6N2O3/c23-21(24,25)16-9-14(10-17(11-16)22(26,27)28)12-33-18-7-4-8-30(20(32)29-13-31)19(18)15-5-2-1-3-6-15/h1-3,5-6,9-11,13,18-19H,4,7-8,12H2,(H,29,31,32). The maximum atomic E-state index is 13.1. The topological polar surface area (TPSA) is 58.6 Å². The lowest BCUT2D eigenvalue weighted by Crippen LogP contribution is -2.49. The molecule has 1 saturated heterocycles. The van der Waals surface area contributed by atoms with Crippen LogP contribution in [-0.2, 0) is 28.5 Å². The van der Waals surface area contributed by atoms with Crippen molar-refractivity contribution >= 4 is 12.4 Å². The van der Waals surface area contributed by atoms with Gasteiger partial charge in [0.2, 0.25) is 6.41 Å². The van der Waals surface area contributed by atoms with E-state index in [1.807, 2.05) is 0 Å². The summed E-state index contributed by atoms with van der Waals surface area (Å²) in [5.41, 5.74) is -2.49. The number of hydrogen-bond acceptors (Lipinski definition) is 3. The first-order chi connectivity index (χ1) is 15.5. The average molecular weight is 474 g/mol. The second-order valence-electron chi connectivity index (χ2n) is 7.52. The molecular formula is C22H20F6N2O3. The van der Waals surface area contributed by atoms with Crippen LogP contribution in [0.4, 0.5) is 31.1 Å². The number of hydrogen-bond donors (Lipinski definition) is 1. The number of carbonyl (C=O) groups is 2. The molecule has 0 bridgehead atoms. The maximum absolute atomic E-state index is 13.1. The Balaban J connectivity index is 1.89. The van der Waals surface area contributed by atoms with E-state index in [9.17, 15) is 35.9 Å². The zero-order valence-corrected chi connectivity index (χ0v) is 17.1. The Morgan fingerprint density at radius 2 is 1.64 bits per heavy atom. The van der Waals surface area contributed by atoms with E-state index in [-0.39, 0.29) is 18.0 Å². The van der Waals surface area contributed by atoms with Gasteiger partial charge in [0.15, 0.2) is 0 Å². The van der Waals surface area contributed by atoms with Crippen molar-refractivity contribution in [2.24, 2.45) is 0 Å². The van der Waals surface area contributed by atoms with E-state index in [4.69, 9.17) is 4.74 Å². The van der Waals surface area contributed by atoms with Crippen molar-refractivity contribution in [3.05, 3.63) is 70.8 Å². The van der Waals surface area contributed by atoms with E-state index in [0.29, 0.717) is 37.1 Å². The van der Waals surface area contributed by atoms with Crippen molar-refractivity contribution in [2.45, 2.75) is 43.9 Å². The Bertz CT molecular complexity index is 946. The second kappa shape index (κ2) is 9.82. The molecule has 5 nitrogen and oxygen atoms in total. The van der Waals surface area contributed by atoms with Crippen LogP contribution in [0.2, 0.25) is 0 Å². The molecule has 3 amide bonds. The predicted octanol–water partition coefficient (Wildman–Crippen LogP) is 5.31. The van der Waals surface area contributed by atoms with Gasteiger partial charge in [-0.05, 0) is 42.2 Å². The molecule has 0 saturated carbocycles. The molecule has 0 spiro atoms. The van der Waals surface area contributed by atoms with Gasteiger partial charge in [0.05, 0.1) is 29.9 Å². The Labute approximate surface area is 185 Å². The summed E-state index contributed by atoms with van der Waals surface area (Å²) in [6.07, 6.45) is -9.53. The first kappa shape index (κ1) is 24.6. The van der Waals surface area contributed by atoms with E-state index < -0.39 is 48.3 Å². The van der Waals surface area contributed by atoms with E-state index in [1.54, 1.807) is 30.3 Å². The smallest absolute Gasteiger partial charge is 0.371 e. The van der Waals surface area contributed by atoms with Gasteiger partial charge in [-0.2, -0.15) is 26.3 Å². The Morgan fingerprint density at radius 1 is 1.03 bits per heavy atom. The molecule has 1 heterocycles. The maximum Gasteiger partial charge on any atom is 0.416 e. The lowest BCUT2D eigenvalue weighted by Gasteiger charge is -2.41. The molecule has 178 valence electrons. The molecule has 1 N–H and O–H groups in total. The third-order valence-corrected chi connectivity index (χ3v) is 5.27. The molecule has 2 atom stereocenters. The zero-order valence-electron chi connectivity index (χ0n) is 17.1. The average Bonchev–Trinajstić information content (AvgIpc) is 2.76. The van der Waals surface area contributed by atoms with Crippen LogP contribution in [-0.4, -0.2) is 30.0 Å². The summed E-state index contributed by atoms with van der Waals surface area (Å²) in [7, 11) is 0. The monoisotopic (exact) mass is 474 g/mol. The van der Waals surface area contributed by atoms with Crippen molar-refractivity contribution in [2.75, 3.05) is 6.54 Å². The number of alkyl halides is 6. The second-order valence-corrected chi connectivity index (χ2v) is 7.52. The van der Waals surface area contributed by atoms with Crippen molar-refractivity contribution in [3.8, 4) is 0 Å². The third-order valence-electron chi connectivity index (χ3n) is 5.27. The molecule has 1 aliphatic heterocycles. The third kappa shape index (κ3) is 6.04. The van der Waals surface area contributed by atoms with Gasteiger partial charge in [-0.15, -0.1) is 0 Å². The van der Waals surface area contributed by atoms with Gasteiger partial charge >= 0.3 is 18.4 Å². The summed E-state index contributed by atoms with van der Waals surface area (Å²) in [5, 5.41) is 2.06. The van der Waals surface area contributed by atoms with Gasteiger partial charge in [-0.1, -0.05) is 30.3 Å². The first-order valence-electron chi connectivity index (χ1n) is 9.96. The van der Waals surface area contributed by atoms with Crippen LogP contribution in [0.25, 0.3) is 0 Å². The first-order valence-corrected chi connectivity index (χ1v) is 9.96. The van der Waals surface area contributed by atoms with Crippen LogP contribution in [0.3, 0.4) is 0 Å². The van der Waals surface area contributed by atoms with E-state index >= 15 is 0 Å². The molecule has 1 aliphatic rings. The molecular weight excluding hydrogens is 454 g/mol. The highest BCUT2D eigenvalue weighted by Crippen LogP contribution is 2.38. The van der Waals surface area contributed by atoms with Crippen molar-refractivity contribution in [1.29, 1.82) is 0 Å². The largest absolute Gasteiger partial charge is 0.416 e. The lowest BCUT2D eigenvalue weighted by molar-refractivity contribution is -0.143. The highest BCUT2D eigenvalue weighted by Gasteiger charge is 2.38. The number of halogens is 6. The number of benzene rings is 2. The number of likely N-dealkylation sites (tertiary alicyclic amines) is 1. The summed E-state index contributed by atoms with van der Waals surface area (Å²) >= 11 is 0. The molecule has 11 heteroatoms. The Hall–Kier alpha value is -3.08. The van der Waals surface area contributed by atoms with Gasteiger partial charge < -0.3 is 9.64 Å². The van der Waals surface area contributed by atoms with Crippen LogP contribution >= 0.6 is 0 Å².